The number of nitrogens with zero attached hydrogens (tertiary/aromatic N) is 3. The van der Waals surface area contributed by atoms with Crippen molar-refractivity contribution in [3.8, 4) is 17.2 Å². The van der Waals surface area contributed by atoms with Crippen LogP contribution in [-0.2, 0) is 0 Å². The molecule has 1 saturated heterocycles. The molecule has 0 spiro atoms. The minimum absolute atomic E-state index is 0.125. The van der Waals surface area contributed by atoms with Gasteiger partial charge in [0.25, 0.3) is 0 Å². The molecule has 7 heteroatoms. The van der Waals surface area contributed by atoms with Crippen molar-refractivity contribution in [3.05, 3.63) is 136 Å². The summed E-state index contributed by atoms with van der Waals surface area (Å²) in [5.41, 5.74) is 8.89. The van der Waals surface area contributed by atoms with Crippen LogP contribution in [0, 0.1) is 27.7 Å². The molecule has 5 nitrogen and oxygen atoms in total. The molecular formula is C34H31ClN4OS. The molecule has 6 rings (SSSR count). The van der Waals surface area contributed by atoms with E-state index in [1.807, 2.05) is 72.9 Å². The summed E-state index contributed by atoms with van der Waals surface area (Å²) < 4.78 is 8.39. The van der Waals surface area contributed by atoms with Crippen LogP contribution >= 0.6 is 23.8 Å². The normalized spacial score (nSPS) is 16.6. The van der Waals surface area contributed by atoms with E-state index in [1.165, 1.54) is 22.4 Å². The average Bonchev–Trinajstić information content (AvgIpc) is 3.42. The first-order valence-electron chi connectivity index (χ1n) is 13.6. The predicted octanol–water partition coefficient (Wildman–Crippen LogP) is 8.73. The van der Waals surface area contributed by atoms with Crippen LogP contribution in [0.15, 0.2) is 97.2 Å². The second-order valence-corrected chi connectivity index (χ2v) is 11.3. The Morgan fingerprint density at radius 1 is 0.805 bits per heavy atom. The Kier molecular flexibility index (Phi) is 7.28. The van der Waals surface area contributed by atoms with Gasteiger partial charge in [-0.1, -0.05) is 41.4 Å². The second-order valence-electron chi connectivity index (χ2n) is 10.4. The molecule has 0 bridgehead atoms. The van der Waals surface area contributed by atoms with Gasteiger partial charge in [-0.05, 0) is 112 Å². The molecule has 41 heavy (non-hydrogen) atoms. The number of rotatable bonds is 6. The summed E-state index contributed by atoms with van der Waals surface area (Å²) in [6, 6.07) is 29.9. The lowest BCUT2D eigenvalue weighted by atomic mass is 9.93. The Labute approximate surface area is 251 Å². The molecule has 3 aromatic carbocycles. The predicted molar refractivity (Wildman–Crippen MR) is 171 cm³/mol. The summed E-state index contributed by atoms with van der Waals surface area (Å²) in [6.45, 7) is 8.58. The molecule has 0 saturated carbocycles. The van der Waals surface area contributed by atoms with E-state index in [0.717, 1.165) is 34.3 Å². The molecule has 0 unspecified atom stereocenters. The number of pyridine rings is 1. The Hall–Kier alpha value is -4.13. The highest BCUT2D eigenvalue weighted by Gasteiger charge is 2.43. The van der Waals surface area contributed by atoms with Gasteiger partial charge in [0, 0.05) is 39.5 Å². The summed E-state index contributed by atoms with van der Waals surface area (Å²) in [4.78, 5) is 6.94. The molecule has 206 valence electrons. The van der Waals surface area contributed by atoms with Gasteiger partial charge in [0.1, 0.15) is 11.5 Å². The maximum Gasteiger partial charge on any atom is 0.174 e. The fourth-order valence-corrected chi connectivity index (χ4v) is 6.32. The average molecular weight is 579 g/mol. The van der Waals surface area contributed by atoms with Crippen molar-refractivity contribution in [2.24, 2.45) is 0 Å². The summed E-state index contributed by atoms with van der Waals surface area (Å²) in [7, 11) is 0. The van der Waals surface area contributed by atoms with Crippen LogP contribution < -0.4 is 15.0 Å². The molecular weight excluding hydrogens is 548 g/mol. The van der Waals surface area contributed by atoms with Crippen LogP contribution in [0.4, 0.5) is 5.69 Å². The SMILES string of the molecule is Cc1ccc(Oc2ccc(N3C(=S)N[C@H](c4ccccn4)[C@H]3c3c(C)c(C)n(-c4cccc(Cl)c4)c3C)cc2)cc1. The first kappa shape index (κ1) is 27.1. The van der Waals surface area contributed by atoms with E-state index in [9.17, 15) is 0 Å². The first-order valence-corrected chi connectivity index (χ1v) is 14.4. The molecule has 1 aliphatic rings. The summed E-state index contributed by atoms with van der Waals surface area (Å²) in [5, 5.41) is 4.96. The minimum atomic E-state index is -0.140. The highest BCUT2D eigenvalue weighted by atomic mass is 35.5. The Morgan fingerprint density at radius 3 is 2.17 bits per heavy atom. The maximum absolute atomic E-state index is 6.40. The third-order valence-electron chi connectivity index (χ3n) is 7.84. The lowest BCUT2D eigenvalue weighted by Gasteiger charge is -2.29. The summed E-state index contributed by atoms with van der Waals surface area (Å²) >= 11 is 12.4. The smallest absolute Gasteiger partial charge is 0.174 e. The number of halogens is 1. The highest BCUT2D eigenvalue weighted by Crippen LogP contribution is 2.45. The van der Waals surface area contributed by atoms with E-state index < -0.39 is 0 Å². The monoisotopic (exact) mass is 578 g/mol. The number of anilines is 1. The van der Waals surface area contributed by atoms with Crippen LogP contribution in [0.25, 0.3) is 5.69 Å². The van der Waals surface area contributed by atoms with Gasteiger partial charge in [-0.2, -0.15) is 0 Å². The standard InChI is InChI=1S/C34H31ClN4OS/c1-21-11-15-28(16-12-21)40-29-17-13-26(14-18-29)39-33(32(37-34(39)41)30-10-5-6-19-36-30)31-22(2)23(3)38(24(31)4)27-9-7-8-25(35)20-27/h5-20,32-33H,1-4H3,(H,37,41)/t32-,33-/m1/s1. The zero-order valence-corrected chi connectivity index (χ0v) is 25.0. The van der Waals surface area contributed by atoms with Crippen molar-refractivity contribution < 1.29 is 4.74 Å². The largest absolute Gasteiger partial charge is 0.457 e. The van der Waals surface area contributed by atoms with Crippen molar-refractivity contribution in [2.45, 2.75) is 39.8 Å². The number of aromatic nitrogens is 2. The summed E-state index contributed by atoms with van der Waals surface area (Å²) in [5.74, 6) is 1.57. The van der Waals surface area contributed by atoms with Crippen molar-refractivity contribution in [1.29, 1.82) is 0 Å². The quantitative estimate of drug-likeness (QED) is 0.204. The third kappa shape index (κ3) is 5.09. The van der Waals surface area contributed by atoms with Gasteiger partial charge in [-0.15, -0.1) is 0 Å². The fraction of sp³-hybridized carbons (Fsp3) is 0.176. The van der Waals surface area contributed by atoms with Crippen LogP contribution in [-0.4, -0.2) is 14.7 Å². The van der Waals surface area contributed by atoms with Gasteiger partial charge < -0.3 is 19.5 Å². The number of aryl methyl sites for hydroxylation is 1. The zero-order chi connectivity index (χ0) is 28.7. The molecule has 5 aromatic rings. The first-order chi connectivity index (χ1) is 19.8. The molecule has 3 heterocycles. The van der Waals surface area contributed by atoms with Gasteiger partial charge >= 0.3 is 0 Å². The van der Waals surface area contributed by atoms with E-state index in [-0.39, 0.29) is 12.1 Å². The maximum atomic E-state index is 6.40. The molecule has 0 radical (unpaired) electrons. The van der Waals surface area contributed by atoms with E-state index >= 15 is 0 Å². The second kappa shape index (κ2) is 11.0. The van der Waals surface area contributed by atoms with Crippen molar-refractivity contribution in [3.63, 3.8) is 0 Å². The topological polar surface area (TPSA) is 42.3 Å². The lowest BCUT2D eigenvalue weighted by Crippen LogP contribution is -2.29. The lowest BCUT2D eigenvalue weighted by molar-refractivity contribution is 0.482. The third-order valence-corrected chi connectivity index (χ3v) is 8.39. The summed E-state index contributed by atoms with van der Waals surface area (Å²) in [6.07, 6.45) is 1.83. The number of hydrogen-bond donors (Lipinski definition) is 1. The molecule has 1 aliphatic heterocycles. The van der Waals surface area contributed by atoms with Gasteiger partial charge in [0.2, 0.25) is 0 Å². The van der Waals surface area contributed by atoms with Crippen molar-refractivity contribution >= 4 is 34.6 Å². The van der Waals surface area contributed by atoms with Crippen LogP contribution in [0.1, 0.15) is 45.9 Å². The Morgan fingerprint density at radius 2 is 1.51 bits per heavy atom. The molecule has 2 atom stereocenters. The van der Waals surface area contributed by atoms with Gasteiger partial charge in [-0.3, -0.25) is 4.98 Å². The molecule has 1 N–H and O–H groups in total. The molecule has 2 aromatic heterocycles. The van der Waals surface area contributed by atoms with Crippen LogP contribution in [0.2, 0.25) is 5.02 Å². The van der Waals surface area contributed by atoms with Crippen molar-refractivity contribution in [2.75, 3.05) is 4.90 Å². The zero-order valence-electron chi connectivity index (χ0n) is 23.4. The van der Waals surface area contributed by atoms with E-state index in [1.54, 1.807) is 0 Å². The van der Waals surface area contributed by atoms with Gasteiger partial charge in [0.15, 0.2) is 5.11 Å². The van der Waals surface area contributed by atoms with Crippen LogP contribution in [0.3, 0.4) is 0 Å². The molecule has 0 aliphatic carbocycles. The highest BCUT2D eigenvalue weighted by molar-refractivity contribution is 7.80. The molecule has 0 amide bonds. The molecule has 1 fully saturated rings. The minimum Gasteiger partial charge on any atom is -0.457 e. The van der Waals surface area contributed by atoms with E-state index in [0.29, 0.717) is 10.1 Å². The number of thiocarbonyl (C=S) groups is 1. The number of hydrogen-bond acceptors (Lipinski definition) is 3. The van der Waals surface area contributed by atoms with Crippen molar-refractivity contribution in [1.82, 2.24) is 14.9 Å². The van der Waals surface area contributed by atoms with Gasteiger partial charge in [-0.25, -0.2) is 0 Å². The van der Waals surface area contributed by atoms with Gasteiger partial charge in [0.05, 0.1) is 17.8 Å². The fourth-order valence-electron chi connectivity index (χ4n) is 5.79. The van der Waals surface area contributed by atoms with Crippen LogP contribution in [0.5, 0.6) is 11.5 Å². The number of nitrogens with one attached hydrogen (secondary N) is 1. The number of benzene rings is 3. The van der Waals surface area contributed by atoms with E-state index in [2.05, 4.69) is 66.7 Å². The Balaban J connectivity index is 1.44. The van der Waals surface area contributed by atoms with E-state index in [4.69, 9.17) is 33.5 Å². The number of ether oxygens (including phenoxy) is 1. The Bertz CT molecular complexity index is 1710.